The van der Waals surface area contributed by atoms with Gasteiger partial charge in [0.15, 0.2) is 6.61 Å². The molecule has 1 aromatic heterocycles. The van der Waals surface area contributed by atoms with Crippen LogP contribution in [0.4, 0.5) is 5.69 Å². The van der Waals surface area contributed by atoms with Gasteiger partial charge in [0.05, 0.1) is 17.6 Å². The lowest BCUT2D eigenvalue weighted by atomic mass is 9.84. The van der Waals surface area contributed by atoms with E-state index >= 15 is 0 Å². The Morgan fingerprint density at radius 1 is 1.18 bits per heavy atom. The van der Waals surface area contributed by atoms with Gasteiger partial charge in [-0.05, 0) is 49.2 Å². The summed E-state index contributed by atoms with van der Waals surface area (Å²) >= 11 is 0. The zero-order valence-electron chi connectivity index (χ0n) is 19.3. The monoisotopic (exact) mass is 458 g/mol. The first-order chi connectivity index (χ1) is 16.3. The Morgan fingerprint density at radius 2 is 1.91 bits per heavy atom. The maximum absolute atomic E-state index is 13.5. The average Bonchev–Trinajstić information content (AvgIpc) is 3.29. The molecule has 3 N–H and O–H groups in total. The van der Waals surface area contributed by atoms with Crippen molar-refractivity contribution in [2.24, 2.45) is 5.73 Å². The first kappa shape index (κ1) is 21.8. The average molecular weight is 459 g/mol. The molecule has 0 fully saturated rings. The zero-order valence-corrected chi connectivity index (χ0v) is 19.3. The standard InChI is InChI=1S/C26H26N4O4/c1-14(2)29-11-18-23(16-7-9-17(10-8-16)34-13-22(27)32)25-20(12-30(15(3)31)26(25)33)28-19-5-4-6-21(29)24(18)19/h4-11,14,23,28H,12-13H2,1-3H3,(H2,27,32)/t23-/m0/s1. The molecular formula is C26H26N4O4. The fraction of sp³-hybridized carbons (Fsp3) is 0.269. The van der Waals surface area contributed by atoms with Crippen LogP contribution in [0.2, 0.25) is 0 Å². The number of carbonyl (C=O) groups excluding carboxylic acids is 3. The first-order valence-corrected chi connectivity index (χ1v) is 11.2. The molecule has 8 heteroatoms. The van der Waals surface area contributed by atoms with Gasteiger partial charge in [0.1, 0.15) is 5.75 Å². The molecule has 0 aliphatic carbocycles. The number of aromatic nitrogens is 1. The molecule has 2 aromatic carbocycles. The van der Waals surface area contributed by atoms with Crippen LogP contribution in [0.3, 0.4) is 0 Å². The first-order valence-electron chi connectivity index (χ1n) is 11.2. The molecule has 3 aromatic rings. The molecule has 0 bridgehead atoms. The summed E-state index contributed by atoms with van der Waals surface area (Å²) in [6, 6.07) is 13.6. The van der Waals surface area contributed by atoms with Crippen molar-refractivity contribution in [3.8, 4) is 5.75 Å². The van der Waals surface area contributed by atoms with E-state index in [0.29, 0.717) is 11.3 Å². The summed E-state index contributed by atoms with van der Waals surface area (Å²) in [6.45, 7) is 5.66. The SMILES string of the molecule is CC(=O)N1CC2=C(C1=O)[C@@H](c1ccc(OCC(N)=O)cc1)c1cn(C(C)C)c3cccc(c13)N2. The lowest BCUT2D eigenvalue weighted by Gasteiger charge is -2.20. The molecule has 5 rings (SSSR count). The van der Waals surface area contributed by atoms with Crippen LogP contribution in [0.1, 0.15) is 43.9 Å². The highest BCUT2D eigenvalue weighted by molar-refractivity contribution is 6.11. The van der Waals surface area contributed by atoms with Gasteiger partial charge in [-0.3, -0.25) is 19.3 Å². The number of ether oxygens (including phenoxy) is 1. The molecule has 0 radical (unpaired) electrons. The molecule has 0 spiro atoms. The van der Waals surface area contributed by atoms with Gasteiger partial charge in [-0.25, -0.2) is 0 Å². The highest BCUT2D eigenvalue weighted by atomic mass is 16.5. The van der Waals surface area contributed by atoms with E-state index in [9.17, 15) is 14.4 Å². The Kier molecular flexibility index (Phi) is 5.16. The largest absolute Gasteiger partial charge is 0.484 e. The summed E-state index contributed by atoms with van der Waals surface area (Å²) < 4.78 is 7.63. The molecule has 0 unspecified atom stereocenters. The van der Waals surface area contributed by atoms with Gasteiger partial charge in [-0.15, -0.1) is 0 Å². The number of amides is 3. The van der Waals surface area contributed by atoms with Crippen LogP contribution in [-0.2, 0) is 14.4 Å². The molecule has 0 saturated carbocycles. The second-order valence-electron chi connectivity index (χ2n) is 8.97. The zero-order chi connectivity index (χ0) is 24.1. The van der Waals surface area contributed by atoms with E-state index in [1.165, 1.54) is 11.8 Å². The van der Waals surface area contributed by atoms with Gasteiger partial charge in [-0.1, -0.05) is 18.2 Å². The van der Waals surface area contributed by atoms with E-state index < -0.39 is 5.91 Å². The van der Waals surface area contributed by atoms with Crippen LogP contribution in [-0.4, -0.2) is 40.3 Å². The lowest BCUT2D eigenvalue weighted by molar-refractivity contribution is -0.139. The van der Waals surface area contributed by atoms with Crippen LogP contribution < -0.4 is 15.8 Å². The van der Waals surface area contributed by atoms with Crippen molar-refractivity contribution in [1.29, 1.82) is 0 Å². The Bertz CT molecular complexity index is 1370. The number of hydrogen-bond acceptors (Lipinski definition) is 5. The van der Waals surface area contributed by atoms with Crippen molar-refractivity contribution in [2.75, 3.05) is 18.5 Å². The van der Waals surface area contributed by atoms with E-state index in [1.807, 2.05) is 24.3 Å². The van der Waals surface area contributed by atoms with Gasteiger partial charge >= 0.3 is 0 Å². The number of anilines is 1. The van der Waals surface area contributed by atoms with Crippen molar-refractivity contribution >= 4 is 34.3 Å². The normalized spacial score (nSPS) is 17.1. The Morgan fingerprint density at radius 3 is 2.56 bits per heavy atom. The molecule has 174 valence electrons. The van der Waals surface area contributed by atoms with E-state index in [1.54, 1.807) is 12.1 Å². The van der Waals surface area contributed by atoms with Gasteiger partial charge < -0.3 is 20.4 Å². The number of carbonyl (C=O) groups is 3. The Labute approximate surface area is 197 Å². The number of imide groups is 1. The summed E-state index contributed by atoms with van der Waals surface area (Å²) in [7, 11) is 0. The Hall–Kier alpha value is -4.07. The molecule has 2 aliphatic rings. The molecule has 8 nitrogen and oxygen atoms in total. The van der Waals surface area contributed by atoms with Crippen molar-refractivity contribution in [3.05, 3.63) is 71.1 Å². The fourth-order valence-corrected chi connectivity index (χ4v) is 4.92. The van der Waals surface area contributed by atoms with Crippen LogP contribution in [0, 0.1) is 0 Å². The molecule has 3 amide bonds. The topological polar surface area (TPSA) is 107 Å². The third-order valence-electron chi connectivity index (χ3n) is 6.42. The van der Waals surface area contributed by atoms with Crippen LogP contribution in [0.25, 0.3) is 10.9 Å². The van der Waals surface area contributed by atoms with Crippen LogP contribution in [0.15, 0.2) is 59.9 Å². The summed E-state index contributed by atoms with van der Waals surface area (Å²) in [6.07, 6.45) is 2.11. The van der Waals surface area contributed by atoms with Crippen molar-refractivity contribution < 1.29 is 19.1 Å². The quantitative estimate of drug-likeness (QED) is 0.610. The van der Waals surface area contributed by atoms with E-state index in [2.05, 4.69) is 36.0 Å². The van der Waals surface area contributed by atoms with Crippen molar-refractivity contribution in [1.82, 2.24) is 9.47 Å². The molecule has 34 heavy (non-hydrogen) atoms. The molecule has 0 saturated heterocycles. The van der Waals surface area contributed by atoms with Gasteiger partial charge in [0, 0.05) is 41.9 Å². The van der Waals surface area contributed by atoms with E-state index in [-0.39, 0.29) is 36.9 Å². The number of nitrogens with zero attached hydrogens (tertiary/aromatic N) is 2. The summed E-state index contributed by atoms with van der Waals surface area (Å²) in [5.74, 6) is -0.990. The Balaban J connectivity index is 1.70. The van der Waals surface area contributed by atoms with Crippen molar-refractivity contribution in [2.45, 2.75) is 32.7 Å². The maximum atomic E-state index is 13.5. The third kappa shape index (κ3) is 3.42. The minimum Gasteiger partial charge on any atom is -0.484 e. The number of nitrogens with one attached hydrogen (secondary N) is 1. The highest BCUT2D eigenvalue weighted by Crippen LogP contribution is 2.47. The van der Waals surface area contributed by atoms with Crippen LogP contribution >= 0.6 is 0 Å². The maximum Gasteiger partial charge on any atom is 0.259 e. The minimum atomic E-state index is -0.552. The number of rotatable bonds is 5. The summed E-state index contributed by atoms with van der Waals surface area (Å²) in [4.78, 5) is 38.1. The number of hydrogen-bond donors (Lipinski definition) is 2. The second-order valence-corrected chi connectivity index (χ2v) is 8.97. The third-order valence-corrected chi connectivity index (χ3v) is 6.42. The lowest BCUT2D eigenvalue weighted by Crippen LogP contribution is -2.33. The predicted molar refractivity (Wildman–Crippen MR) is 128 cm³/mol. The highest BCUT2D eigenvalue weighted by Gasteiger charge is 2.41. The molecular weight excluding hydrogens is 432 g/mol. The van der Waals surface area contributed by atoms with Gasteiger partial charge in [-0.2, -0.15) is 0 Å². The predicted octanol–water partition coefficient (Wildman–Crippen LogP) is 3.29. The molecule has 2 aliphatic heterocycles. The molecule has 1 atom stereocenters. The fourth-order valence-electron chi connectivity index (χ4n) is 4.92. The summed E-state index contributed by atoms with van der Waals surface area (Å²) in [5.41, 5.74) is 10.4. The summed E-state index contributed by atoms with van der Waals surface area (Å²) in [5, 5.41) is 4.53. The molecule has 3 heterocycles. The number of benzene rings is 2. The minimum absolute atomic E-state index is 0.209. The number of nitrogens with two attached hydrogens (primary N) is 1. The number of primary amides is 1. The van der Waals surface area contributed by atoms with E-state index in [0.717, 1.165) is 33.4 Å². The van der Waals surface area contributed by atoms with Crippen LogP contribution in [0.5, 0.6) is 5.75 Å². The smallest absolute Gasteiger partial charge is 0.259 e. The van der Waals surface area contributed by atoms with Gasteiger partial charge in [0.25, 0.3) is 11.8 Å². The van der Waals surface area contributed by atoms with Gasteiger partial charge in [0.2, 0.25) is 5.91 Å². The van der Waals surface area contributed by atoms with Crippen molar-refractivity contribution in [3.63, 3.8) is 0 Å². The second kappa shape index (κ2) is 8.06. The van der Waals surface area contributed by atoms with E-state index in [4.69, 9.17) is 10.5 Å².